The average Bonchev–Trinajstić information content (AvgIpc) is 3.21. The van der Waals surface area contributed by atoms with Crippen LogP contribution in [0.15, 0.2) is 54.9 Å². The molecule has 0 unspecified atom stereocenters. The number of anilines is 1. The molecule has 3 rings (SSSR count). The molecule has 0 saturated carbocycles. The zero-order valence-corrected chi connectivity index (χ0v) is 13.8. The molecule has 0 radical (unpaired) electrons. The van der Waals surface area contributed by atoms with E-state index >= 15 is 0 Å². The Hall–Kier alpha value is -4.28. The summed E-state index contributed by atoms with van der Waals surface area (Å²) in [4.78, 5) is 34.9. The lowest BCUT2D eigenvalue weighted by Crippen LogP contribution is -2.41. The number of amides is 4. The number of hydrogen-bond donors (Lipinski definition) is 4. The van der Waals surface area contributed by atoms with Crippen molar-refractivity contribution < 1.29 is 14.4 Å². The second-order valence-electron chi connectivity index (χ2n) is 5.28. The van der Waals surface area contributed by atoms with Crippen LogP contribution in [0.2, 0.25) is 0 Å². The van der Waals surface area contributed by atoms with E-state index in [-0.39, 0.29) is 0 Å². The molecule has 1 aromatic heterocycles. The van der Waals surface area contributed by atoms with Crippen LogP contribution >= 0.6 is 0 Å². The monoisotopic (exact) mass is 366 g/mol. The molecule has 2 aromatic carbocycles. The van der Waals surface area contributed by atoms with Gasteiger partial charge < -0.3 is 11.1 Å². The van der Waals surface area contributed by atoms with Gasteiger partial charge in [0.05, 0.1) is 5.69 Å². The molecule has 0 fully saturated rings. The molecule has 11 nitrogen and oxygen atoms in total. The standard InChI is InChI=1S/C16H14N8O3/c17-16(27)19-12-5-1-10(2-6-12)14(25)20-21-15(26)11-3-7-13(8-4-11)24-9-18-22-23-24/h1-9H,(H,20,25)(H,21,26)(H3,17,19,27). The Morgan fingerprint density at radius 3 is 1.89 bits per heavy atom. The first-order valence-corrected chi connectivity index (χ1v) is 7.63. The highest BCUT2D eigenvalue weighted by Crippen LogP contribution is 2.09. The van der Waals surface area contributed by atoms with Gasteiger partial charge in [-0.15, -0.1) is 5.10 Å². The molecule has 0 aliphatic rings. The summed E-state index contributed by atoms with van der Waals surface area (Å²) in [5.41, 5.74) is 11.4. The van der Waals surface area contributed by atoms with E-state index in [4.69, 9.17) is 5.73 Å². The van der Waals surface area contributed by atoms with Crippen LogP contribution in [-0.4, -0.2) is 38.1 Å². The molecule has 0 aliphatic carbocycles. The summed E-state index contributed by atoms with van der Waals surface area (Å²) in [7, 11) is 0. The van der Waals surface area contributed by atoms with Crippen molar-refractivity contribution in [2.45, 2.75) is 0 Å². The minimum absolute atomic E-state index is 0.291. The first kappa shape index (κ1) is 17.5. The number of aromatic nitrogens is 4. The van der Waals surface area contributed by atoms with Crippen molar-refractivity contribution in [2.24, 2.45) is 5.73 Å². The largest absolute Gasteiger partial charge is 0.351 e. The maximum absolute atomic E-state index is 12.1. The van der Waals surface area contributed by atoms with Crippen LogP contribution < -0.4 is 21.9 Å². The highest BCUT2D eigenvalue weighted by Gasteiger charge is 2.10. The van der Waals surface area contributed by atoms with Gasteiger partial charge >= 0.3 is 6.03 Å². The highest BCUT2D eigenvalue weighted by molar-refractivity contribution is 5.99. The van der Waals surface area contributed by atoms with Gasteiger partial charge in [-0.1, -0.05) is 0 Å². The molecule has 0 atom stereocenters. The highest BCUT2D eigenvalue weighted by atomic mass is 16.2. The van der Waals surface area contributed by atoms with Crippen LogP contribution in [0.1, 0.15) is 20.7 Å². The van der Waals surface area contributed by atoms with Gasteiger partial charge in [0.2, 0.25) is 0 Å². The molecule has 5 N–H and O–H groups in total. The summed E-state index contributed by atoms with van der Waals surface area (Å²) in [6, 6.07) is 11.8. The minimum Gasteiger partial charge on any atom is -0.351 e. The second kappa shape index (κ2) is 7.74. The van der Waals surface area contributed by atoms with Gasteiger partial charge in [0.1, 0.15) is 6.33 Å². The van der Waals surface area contributed by atoms with Gasteiger partial charge in [-0.25, -0.2) is 9.48 Å². The van der Waals surface area contributed by atoms with Gasteiger partial charge in [0.15, 0.2) is 0 Å². The summed E-state index contributed by atoms with van der Waals surface area (Å²) in [5, 5.41) is 13.2. The van der Waals surface area contributed by atoms with E-state index in [9.17, 15) is 14.4 Å². The molecular weight excluding hydrogens is 352 g/mol. The fraction of sp³-hybridized carbons (Fsp3) is 0. The third-order valence-corrected chi connectivity index (χ3v) is 3.45. The number of nitrogens with zero attached hydrogens (tertiary/aromatic N) is 4. The Balaban J connectivity index is 1.56. The van der Waals surface area contributed by atoms with Gasteiger partial charge in [-0.2, -0.15) is 0 Å². The van der Waals surface area contributed by atoms with E-state index in [2.05, 4.69) is 31.7 Å². The molecule has 11 heteroatoms. The van der Waals surface area contributed by atoms with Crippen LogP contribution in [0.5, 0.6) is 0 Å². The molecular formula is C16H14N8O3. The number of carbonyl (C=O) groups is 3. The van der Waals surface area contributed by atoms with Crippen molar-refractivity contribution in [2.75, 3.05) is 5.32 Å². The number of nitrogens with two attached hydrogens (primary N) is 1. The Kier molecular flexibility index (Phi) is 5.03. The number of carbonyl (C=O) groups excluding carboxylic acids is 3. The van der Waals surface area contributed by atoms with Crippen LogP contribution in [0.4, 0.5) is 10.5 Å². The van der Waals surface area contributed by atoms with Gasteiger partial charge in [-0.3, -0.25) is 20.4 Å². The van der Waals surface area contributed by atoms with Crippen LogP contribution in [0.25, 0.3) is 5.69 Å². The molecule has 0 bridgehead atoms. The van der Waals surface area contributed by atoms with Crippen LogP contribution in [0, 0.1) is 0 Å². The van der Waals surface area contributed by atoms with E-state index in [0.29, 0.717) is 22.5 Å². The Morgan fingerprint density at radius 2 is 1.41 bits per heavy atom. The molecule has 0 spiro atoms. The van der Waals surface area contributed by atoms with Gasteiger partial charge in [0, 0.05) is 16.8 Å². The fourth-order valence-electron chi connectivity index (χ4n) is 2.15. The zero-order chi connectivity index (χ0) is 19.2. The summed E-state index contributed by atoms with van der Waals surface area (Å²) in [5.74, 6) is -1.00. The Morgan fingerprint density at radius 1 is 0.852 bits per heavy atom. The zero-order valence-electron chi connectivity index (χ0n) is 13.8. The van der Waals surface area contributed by atoms with Crippen molar-refractivity contribution in [3.8, 4) is 5.69 Å². The van der Waals surface area contributed by atoms with Crippen LogP contribution in [-0.2, 0) is 0 Å². The summed E-state index contributed by atoms with van der Waals surface area (Å²) in [6.45, 7) is 0. The fourth-order valence-corrected chi connectivity index (χ4v) is 2.15. The lowest BCUT2D eigenvalue weighted by atomic mass is 10.2. The van der Waals surface area contributed by atoms with Crippen molar-refractivity contribution in [3.05, 3.63) is 66.0 Å². The SMILES string of the molecule is NC(=O)Nc1ccc(C(=O)NNC(=O)c2ccc(-n3cnnn3)cc2)cc1. The number of primary amides is 1. The quantitative estimate of drug-likeness (QED) is 0.484. The molecule has 0 aliphatic heterocycles. The van der Waals surface area contributed by atoms with Crippen molar-refractivity contribution in [3.63, 3.8) is 0 Å². The first-order chi connectivity index (χ1) is 13.0. The topological polar surface area (TPSA) is 157 Å². The predicted octanol–water partition coefficient (Wildman–Crippen LogP) is 0.228. The third-order valence-electron chi connectivity index (χ3n) is 3.45. The molecule has 136 valence electrons. The normalized spacial score (nSPS) is 10.1. The lowest BCUT2D eigenvalue weighted by Gasteiger charge is -2.08. The molecule has 3 aromatic rings. The summed E-state index contributed by atoms with van der Waals surface area (Å²) in [6.07, 6.45) is 1.43. The van der Waals surface area contributed by atoms with E-state index in [1.165, 1.54) is 35.3 Å². The summed E-state index contributed by atoms with van der Waals surface area (Å²) < 4.78 is 1.44. The average molecular weight is 366 g/mol. The van der Waals surface area contributed by atoms with Gasteiger partial charge in [-0.05, 0) is 59.0 Å². The number of benzene rings is 2. The minimum atomic E-state index is -0.703. The molecule has 4 amide bonds. The smallest absolute Gasteiger partial charge is 0.316 e. The third kappa shape index (κ3) is 4.42. The number of hydrazine groups is 1. The number of hydrogen-bond acceptors (Lipinski definition) is 6. The lowest BCUT2D eigenvalue weighted by molar-refractivity contribution is 0.0846. The maximum Gasteiger partial charge on any atom is 0.316 e. The van der Waals surface area contributed by atoms with Crippen LogP contribution in [0.3, 0.4) is 0 Å². The number of nitrogens with one attached hydrogen (secondary N) is 3. The number of tetrazole rings is 1. The predicted molar refractivity (Wildman–Crippen MR) is 93.7 cm³/mol. The molecule has 0 saturated heterocycles. The Bertz CT molecular complexity index is 952. The molecule has 1 heterocycles. The molecule has 27 heavy (non-hydrogen) atoms. The second-order valence-corrected chi connectivity index (χ2v) is 5.28. The summed E-state index contributed by atoms with van der Waals surface area (Å²) >= 11 is 0. The van der Waals surface area contributed by atoms with E-state index in [1.54, 1.807) is 24.3 Å². The number of urea groups is 1. The van der Waals surface area contributed by atoms with Gasteiger partial charge in [0.25, 0.3) is 11.8 Å². The maximum atomic E-state index is 12.1. The van der Waals surface area contributed by atoms with Crippen molar-refractivity contribution in [1.29, 1.82) is 0 Å². The van der Waals surface area contributed by atoms with E-state index in [1.807, 2.05) is 0 Å². The Labute approximate surface area is 152 Å². The van der Waals surface area contributed by atoms with E-state index < -0.39 is 17.8 Å². The van der Waals surface area contributed by atoms with Crippen molar-refractivity contribution >= 4 is 23.5 Å². The first-order valence-electron chi connectivity index (χ1n) is 7.63. The van der Waals surface area contributed by atoms with Crippen molar-refractivity contribution in [1.82, 2.24) is 31.1 Å². The van der Waals surface area contributed by atoms with E-state index in [0.717, 1.165) is 0 Å². The number of rotatable bonds is 4.